The van der Waals surface area contributed by atoms with E-state index in [1.165, 1.54) is 10.4 Å². The first-order valence-electron chi connectivity index (χ1n) is 9.40. The summed E-state index contributed by atoms with van der Waals surface area (Å²) in [6.45, 7) is 5.21. The number of nitrogens with one attached hydrogen (secondary N) is 1. The number of hydrogen-bond acceptors (Lipinski definition) is 4. The predicted molar refractivity (Wildman–Crippen MR) is 107 cm³/mol. The maximum Gasteiger partial charge on any atom is 0.258 e. The Hall–Kier alpha value is -2.34. The highest BCUT2D eigenvalue weighted by Gasteiger charge is 2.28. The summed E-state index contributed by atoms with van der Waals surface area (Å²) in [5, 5.41) is 4.95. The molecule has 0 saturated carbocycles. The Morgan fingerprint density at radius 3 is 2.89 bits per heavy atom. The standard InChI is InChI=1S/C21H26N2O3S/c1-3-6-17(21(25)23-11-9-19-16(13-23)10-12-27-19)22-20(24)14-26-18-8-5-4-7-15(18)2/h4-5,7-8,10,12,17H,3,6,9,11,13-14H2,1-2H3,(H,22,24). The topological polar surface area (TPSA) is 58.6 Å². The molecule has 0 bridgehead atoms. The molecular formula is C21H26N2O3S. The van der Waals surface area contributed by atoms with Crippen LogP contribution in [0.15, 0.2) is 35.7 Å². The van der Waals surface area contributed by atoms with E-state index in [4.69, 9.17) is 4.74 Å². The van der Waals surface area contributed by atoms with Crippen LogP contribution in [0.4, 0.5) is 0 Å². The van der Waals surface area contributed by atoms with Gasteiger partial charge in [0.1, 0.15) is 11.8 Å². The van der Waals surface area contributed by atoms with Gasteiger partial charge in [-0.2, -0.15) is 0 Å². The smallest absolute Gasteiger partial charge is 0.258 e. The van der Waals surface area contributed by atoms with Crippen LogP contribution in [-0.2, 0) is 22.6 Å². The van der Waals surface area contributed by atoms with E-state index in [9.17, 15) is 9.59 Å². The Morgan fingerprint density at radius 1 is 1.30 bits per heavy atom. The normalized spacial score (nSPS) is 14.4. The third-order valence-corrected chi connectivity index (χ3v) is 5.81. The number of benzene rings is 1. The molecule has 0 spiro atoms. The van der Waals surface area contributed by atoms with E-state index >= 15 is 0 Å². The lowest BCUT2D eigenvalue weighted by Crippen LogP contribution is -2.50. The van der Waals surface area contributed by atoms with E-state index in [0.717, 1.165) is 18.4 Å². The van der Waals surface area contributed by atoms with Crippen molar-refractivity contribution in [1.82, 2.24) is 10.2 Å². The van der Waals surface area contributed by atoms with Crippen LogP contribution in [0.5, 0.6) is 5.75 Å². The molecule has 0 saturated heterocycles. The number of aryl methyl sites for hydroxylation is 1. The van der Waals surface area contributed by atoms with Crippen molar-refractivity contribution in [2.24, 2.45) is 0 Å². The van der Waals surface area contributed by atoms with Gasteiger partial charge in [0.05, 0.1) is 0 Å². The number of nitrogens with zero attached hydrogens (tertiary/aromatic N) is 1. The highest BCUT2D eigenvalue weighted by molar-refractivity contribution is 7.10. The molecule has 0 aliphatic carbocycles. The predicted octanol–water partition coefficient (Wildman–Crippen LogP) is 3.31. The lowest BCUT2D eigenvalue weighted by atomic mass is 10.1. The summed E-state index contributed by atoms with van der Waals surface area (Å²) < 4.78 is 5.60. The average molecular weight is 387 g/mol. The van der Waals surface area contributed by atoms with E-state index in [1.54, 1.807) is 11.3 Å². The second-order valence-electron chi connectivity index (χ2n) is 6.84. The van der Waals surface area contributed by atoms with Crippen molar-refractivity contribution in [3.8, 4) is 5.75 Å². The van der Waals surface area contributed by atoms with Gasteiger partial charge in [-0.1, -0.05) is 31.5 Å². The fourth-order valence-corrected chi connectivity index (χ4v) is 4.19. The molecule has 6 heteroatoms. The number of thiophene rings is 1. The molecule has 0 fully saturated rings. The van der Waals surface area contributed by atoms with Gasteiger partial charge in [-0.3, -0.25) is 9.59 Å². The second-order valence-corrected chi connectivity index (χ2v) is 7.84. The average Bonchev–Trinajstić information content (AvgIpc) is 3.14. The van der Waals surface area contributed by atoms with E-state index in [-0.39, 0.29) is 18.4 Å². The van der Waals surface area contributed by atoms with Crippen LogP contribution in [-0.4, -0.2) is 35.9 Å². The number of rotatable bonds is 7. The molecular weight excluding hydrogens is 360 g/mol. The SMILES string of the molecule is CCCC(NC(=O)COc1ccccc1C)C(=O)N1CCc2sccc2C1. The molecule has 0 radical (unpaired) electrons. The fourth-order valence-electron chi connectivity index (χ4n) is 3.30. The maximum atomic E-state index is 13.0. The van der Waals surface area contributed by atoms with E-state index in [2.05, 4.69) is 16.8 Å². The van der Waals surface area contributed by atoms with Gasteiger partial charge in [0.15, 0.2) is 6.61 Å². The maximum absolute atomic E-state index is 13.0. The van der Waals surface area contributed by atoms with Gasteiger partial charge >= 0.3 is 0 Å². The Kier molecular flexibility index (Phi) is 6.50. The van der Waals surface area contributed by atoms with Crippen molar-refractivity contribution in [2.45, 2.75) is 45.7 Å². The number of amides is 2. The number of carbonyl (C=O) groups excluding carboxylic acids is 2. The zero-order valence-corrected chi connectivity index (χ0v) is 16.7. The summed E-state index contributed by atoms with van der Waals surface area (Å²) >= 11 is 1.75. The summed E-state index contributed by atoms with van der Waals surface area (Å²) in [4.78, 5) is 28.5. The molecule has 1 unspecified atom stereocenters. The zero-order chi connectivity index (χ0) is 19.2. The molecule has 1 N–H and O–H groups in total. The Balaban J connectivity index is 1.57. The summed E-state index contributed by atoms with van der Waals surface area (Å²) in [6.07, 6.45) is 2.34. The third kappa shape index (κ3) is 4.89. The van der Waals surface area contributed by atoms with Crippen molar-refractivity contribution in [2.75, 3.05) is 13.2 Å². The highest BCUT2D eigenvalue weighted by atomic mass is 32.1. The lowest BCUT2D eigenvalue weighted by Gasteiger charge is -2.30. The Labute approximate surface area is 164 Å². The minimum atomic E-state index is -0.497. The molecule has 3 rings (SSSR count). The van der Waals surface area contributed by atoms with Gasteiger partial charge < -0.3 is 15.0 Å². The highest BCUT2D eigenvalue weighted by Crippen LogP contribution is 2.24. The van der Waals surface area contributed by atoms with Gasteiger partial charge in [-0.05, 0) is 48.4 Å². The van der Waals surface area contributed by atoms with Gasteiger partial charge in [0.25, 0.3) is 5.91 Å². The number of fused-ring (bicyclic) bond motifs is 1. The Bertz CT molecular complexity index is 802. The summed E-state index contributed by atoms with van der Waals surface area (Å²) in [7, 11) is 0. The fraction of sp³-hybridized carbons (Fsp3) is 0.429. The quantitative estimate of drug-likeness (QED) is 0.794. The van der Waals surface area contributed by atoms with Crippen LogP contribution in [0.1, 0.15) is 35.8 Å². The van der Waals surface area contributed by atoms with Crippen LogP contribution < -0.4 is 10.1 Å². The van der Waals surface area contributed by atoms with Crippen LogP contribution in [0.3, 0.4) is 0 Å². The second kappa shape index (κ2) is 9.04. The molecule has 2 heterocycles. The third-order valence-electron chi connectivity index (χ3n) is 4.78. The number of hydrogen-bond donors (Lipinski definition) is 1. The Morgan fingerprint density at radius 2 is 2.11 bits per heavy atom. The van der Waals surface area contributed by atoms with Gasteiger partial charge in [-0.15, -0.1) is 11.3 Å². The lowest BCUT2D eigenvalue weighted by molar-refractivity contribution is -0.137. The van der Waals surface area contributed by atoms with Crippen LogP contribution in [0.2, 0.25) is 0 Å². The molecule has 2 amide bonds. The van der Waals surface area contributed by atoms with Crippen LogP contribution in [0, 0.1) is 6.92 Å². The molecule has 1 aromatic carbocycles. The van der Waals surface area contributed by atoms with Crippen molar-refractivity contribution >= 4 is 23.2 Å². The molecule has 2 aromatic rings. The first-order valence-corrected chi connectivity index (χ1v) is 10.3. The molecule has 1 aliphatic heterocycles. The molecule has 27 heavy (non-hydrogen) atoms. The number of ether oxygens (including phenoxy) is 1. The minimum absolute atomic E-state index is 0.00191. The molecule has 5 nitrogen and oxygen atoms in total. The minimum Gasteiger partial charge on any atom is -0.484 e. The van der Waals surface area contributed by atoms with E-state index in [0.29, 0.717) is 25.3 Å². The summed E-state index contributed by atoms with van der Waals surface area (Å²) in [5.41, 5.74) is 2.20. The van der Waals surface area contributed by atoms with Gasteiger partial charge in [0.2, 0.25) is 5.91 Å². The molecule has 1 aromatic heterocycles. The molecule has 1 aliphatic rings. The zero-order valence-electron chi connectivity index (χ0n) is 15.9. The van der Waals surface area contributed by atoms with Crippen molar-refractivity contribution < 1.29 is 14.3 Å². The summed E-state index contributed by atoms with van der Waals surface area (Å²) in [5.74, 6) is 0.420. The monoisotopic (exact) mass is 386 g/mol. The van der Waals surface area contributed by atoms with E-state index in [1.807, 2.05) is 43.0 Å². The van der Waals surface area contributed by atoms with Crippen LogP contribution >= 0.6 is 11.3 Å². The van der Waals surface area contributed by atoms with Crippen molar-refractivity contribution in [3.05, 3.63) is 51.7 Å². The van der Waals surface area contributed by atoms with Crippen molar-refractivity contribution in [3.63, 3.8) is 0 Å². The number of carbonyl (C=O) groups is 2. The largest absolute Gasteiger partial charge is 0.484 e. The molecule has 144 valence electrons. The molecule has 1 atom stereocenters. The first-order chi connectivity index (χ1) is 13.1. The first kappa shape index (κ1) is 19.4. The van der Waals surface area contributed by atoms with Crippen LogP contribution in [0.25, 0.3) is 0 Å². The summed E-state index contributed by atoms with van der Waals surface area (Å²) in [6, 6.07) is 9.16. The number of para-hydroxylation sites is 1. The van der Waals surface area contributed by atoms with Crippen molar-refractivity contribution in [1.29, 1.82) is 0 Å². The van der Waals surface area contributed by atoms with E-state index < -0.39 is 6.04 Å². The van der Waals surface area contributed by atoms with Gasteiger partial charge in [-0.25, -0.2) is 0 Å². The van der Waals surface area contributed by atoms with Gasteiger partial charge in [0, 0.05) is 18.0 Å².